The molecular formula is C29H33ClN4O2. The summed E-state index contributed by atoms with van der Waals surface area (Å²) in [5.41, 5.74) is 8.12. The Balaban J connectivity index is 1.75. The average molecular weight is 505 g/mol. The molecule has 2 aromatic heterocycles. The number of rotatable bonds is 4. The number of nitrogens with one attached hydrogen (secondary N) is 1. The predicted octanol–water partition coefficient (Wildman–Crippen LogP) is 7.09. The number of benzene rings is 2. The maximum Gasteiger partial charge on any atom is 0.410 e. The van der Waals surface area contributed by atoms with Crippen LogP contribution < -0.4 is 0 Å². The summed E-state index contributed by atoms with van der Waals surface area (Å²) in [4.78, 5) is 18.1. The molecule has 36 heavy (non-hydrogen) atoms. The maximum atomic E-state index is 13.0. The first-order chi connectivity index (χ1) is 17.2. The number of aromatic nitrogens is 3. The van der Waals surface area contributed by atoms with Gasteiger partial charge in [0.2, 0.25) is 0 Å². The summed E-state index contributed by atoms with van der Waals surface area (Å²) in [7, 11) is 0. The van der Waals surface area contributed by atoms with E-state index in [1.807, 2.05) is 33.0 Å². The standard InChI is InChI=1S/C29H33ClN4O2/c1-6-18-9-8-10-19(7-2)26(18)34-27(21-11-12-23(30)25-20(21)13-15-31-25)22-17-33(16-14-24(22)32-34)28(35)36-29(3,4)5/h8-13,15,31H,6-7,14,16-17H2,1-5H3. The first kappa shape index (κ1) is 24.4. The molecule has 0 radical (unpaired) electrons. The molecule has 0 bridgehead atoms. The number of carbonyl (C=O) groups excluding carboxylic acids is 1. The van der Waals surface area contributed by atoms with E-state index in [0.717, 1.165) is 51.9 Å². The second-order valence-corrected chi connectivity index (χ2v) is 10.7. The lowest BCUT2D eigenvalue weighted by Gasteiger charge is -2.30. The Kier molecular flexibility index (Phi) is 6.33. The lowest BCUT2D eigenvalue weighted by molar-refractivity contribution is 0.0224. The van der Waals surface area contributed by atoms with Crippen molar-refractivity contribution < 1.29 is 9.53 Å². The summed E-state index contributed by atoms with van der Waals surface area (Å²) in [6.45, 7) is 11.1. The van der Waals surface area contributed by atoms with E-state index in [0.29, 0.717) is 24.5 Å². The normalized spacial score (nSPS) is 13.8. The van der Waals surface area contributed by atoms with E-state index in [9.17, 15) is 4.79 Å². The molecule has 5 rings (SSSR count). The molecule has 0 aliphatic carbocycles. The second-order valence-electron chi connectivity index (χ2n) is 10.3. The van der Waals surface area contributed by atoms with Crippen molar-refractivity contribution in [1.82, 2.24) is 19.7 Å². The molecule has 0 unspecified atom stereocenters. The van der Waals surface area contributed by atoms with Crippen LogP contribution in [-0.4, -0.2) is 37.9 Å². The van der Waals surface area contributed by atoms with E-state index in [1.165, 1.54) is 11.1 Å². The van der Waals surface area contributed by atoms with Crippen molar-refractivity contribution in [2.75, 3.05) is 6.54 Å². The highest BCUT2D eigenvalue weighted by molar-refractivity contribution is 6.35. The number of aromatic amines is 1. The summed E-state index contributed by atoms with van der Waals surface area (Å²) in [5.74, 6) is 0. The van der Waals surface area contributed by atoms with Crippen LogP contribution in [0.1, 0.15) is 57.0 Å². The number of ether oxygens (including phenoxy) is 1. The van der Waals surface area contributed by atoms with Crippen LogP contribution in [0.25, 0.3) is 27.8 Å². The largest absolute Gasteiger partial charge is 0.444 e. The SMILES string of the molecule is CCc1cccc(CC)c1-n1nc2c(c1-c1ccc(Cl)c3[nH]ccc13)CN(C(=O)OC(C)(C)C)CC2. The van der Waals surface area contributed by atoms with E-state index in [-0.39, 0.29) is 6.09 Å². The highest BCUT2D eigenvalue weighted by Gasteiger charge is 2.32. The fourth-order valence-electron chi connectivity index (χ4n) is 5.11. The van der Waals surface area contributed by atoms with Gasteiger partial charge < -0.3 is 14.6 Å². The molecule has 3 heterocycles. The highest BCUT2D eigenvalue weighted by Crippen LogP contribution is 2.39. The van der Waals surface area contributed by atoms with Gasteiger partial charge in [-0.1, -0.05) is 49.7 Å². The van der Waals surface area contributed by atoms with Gasteiger partial charge in [0.25, 0.3) is 0 Å². The van der Waals surface area contributed by atoms with Gasteiger partial charge in [-0.05, 0) is 56.9 Å². The third-order valence-electron chi connectivity index (χ3n) is 6.79. The average Bonchev–Trinajstić information content (AvgIpc) is 3.48. The van der Waals surface area contributed by atoms with Crippen molar-refractivity contribution in [2.24, 2.45) is 0 Å². The number of hydrogen-bond acceptors (Lipinski definition) is 3. The number of hydrogen-bond donors (Lipinski definition) is 1. The third kappa shape index (κ3) is 4.28. The molecule has 1 aliphatic heterocycles. The highest BCUT2D eigenvalue weighted by atomic mass is 35.5. The number of para-hydroxylation sites is 1. The zero-order chi connectivity index (χ0) is 25.6. The van der Waals surface area contributed by atoms with Gasteiger partial charge in [-0.25, -0.2) is 9.48 Å². The van der Waals surface area contributed by atoms with Crippen LogP contribution in [0.2, 0.25) is 5.02 Å². The smallest absolute Gasteiger partial charge is 0.410 e. The first-order valence-corrected chi connectivity index (χ1v) is 13.1. The monoisotopic (exact) mass is 504 g/mol. The van der Waals surface area contributed by atoms with E-state index in [4.69, 9.17) is 21.4 Å². The minimum atomic E-state index is -0.548. The van der Waals surface area contributed by atoms with Crippen molar-refractivity contribution in [3.63, 3.8) is 0 Å². The minimum absolute atomic E-state index is 0.294. The summed E-state index contributed by atoms with van der Waals surface area (Å²) in [6.07, 6.45) is 4.10. The summed E-state index contributed by atoms with van der Waals surface area (Å²) < 4.78 is 7.83. The lowest BCUT2D eigenvalue weighted by Crippen LogP contribution is -2.39. The Bertz CT molecular complexity index is 1420. The molecule has 0 atom stereocenters. The molecule has 7 heteroatoms. The zero-order valence-electron chi connectivity index (χ0n) is 21.6. The van der Waals surface area contributed by atoms with Crippen LogP contribution in [0.15, 0.2) is 42.6 Å². The van der Waals surface area contributed by atoms with Crippen molar-refractivity contribution in [3.8, 4) is 16.9 Å². The van der Waals surface area contributed by atoms with Crippen molar-refractivity contribution in [3.05, 3.63) is 70.0 Å². The molecule has 2 aromatic carbocycles. The Morgan fingerprint density at radius 2 is 1.83 bits per heavy atom. The predicted molar refractivity (Wildman–Crippen MR) is 145 cm³/mol. The van der Waals surface area contributed by atoms with Gasteiger partial charge >= 0.3 is 6.09 Å². The van der Waals surface area contributed by atoms with Crippen LogP contribution in [0, 0.1) is 0 Å². The van der Waals surface area contributed by atoms with Crippen molar-refractivity contribution >= 4 is 28.6 Å². The van der Waals surface area contributed by atoms with Crippen LogP contribution in [0.4, 0.5) is 4.79 Å². The molecule has 6 nitrogen and oxygen atoms in total. The molecule has 1 aliphatic rings. The number of aryl methyl sites for hydroxylation is 2. The van der Waals surface area contributed by atoms with Gasteiger partial charge in [-0.2, -0.15) is 5.10 Å². The molecule has 0 saturated carbocycles. The van der Waals surface area contributed by atoms with E-state index < -0.39 is 5.60 Å². The molecular weight excluding hydrogens is 472 g/mol. The third-order valence-corrected chi connectivity index (χ3v) is 7.11. The molecule has 0 saturated heterocycles. The quantitative estimate of drug-likeness (QED) is 0.322. The number of halogens is 1. The van der Waals surface area contributed by atoms with Gasteiger partial charge in [0, 0.05) is 35.7 Å². The number of H-pyrrole nitrogens is 1. The van der Waals surface area contributed by atoms with Gasteiger partial charge in [0.1, 0.15) is 5.60 Å². The number of nitrogens with zero attached hydrogens (tertiary/aromatic N) is 3. The van der Waals surface area contributed by atoms with Crippen LogP contribution in [0.5, 0.6) is 0 Å². The molecule has 1 amide bonds. The summed E-state index contributed by atoms with van der Waals surface area (Å²) in [6, 6.07) is 12.5. The van der Waals surface area contributed by atoms with Crippen LogP contribution in [-0.2, 0) is 30.5 Å². The van der Waals surface area contributed by atoms with Crippen molar-refractivity contribution in [2.45, 2.75) is 66.0 Å². The van der Waals surface area contributed by atoms with Gasteiger partial charge in [-0.3, -0.25) is 0 Å². The van der Waals surface area contributed by atoms with Gasteiger partial charge in [0.05, 0.1) is 34.2 Å². The summed E-state index contributed by atoms with van der Waals surface area (Å²) in [5, 5.41) is 6.90. The maximum absolute atomic E-state index is 13.0. The van der Waals surface area contributed by atoms with Crippen LogP contribution >= 0.6 is 11.6 Å². The first-order valence-electron chi connectivity index (χ1n) is 12.7. The molecule has 0 spiro atoms. The number of amides is 1. The van der Waals surface area contributed by atoms with E-state index in [2.05, 4.69) is 53.8 Å². The van der Waals surface area contributed by atoms with Gasteiger partial charge in [-0.15, -0.1) is 0 Å². The molecule has 4 aromatic rings. The topological polar surface area (TPSA) is 63.2 Å². The minimum Gasteiger partial charge on any atom is -0.444 e. The lowest BCUT2D eigenvalue weighted by atomic mass is 9.97. The molecule has 1 N–H and O–H groups in total. The van der Waals surface area contributed by atoms with E-state index in [1.54, 1.807) is 4.90 Å². The van der Waals surface area contributed by atoms with Crippen LogP contribution in [0.3, 0.4) is 0 Å². The fraction of sp³-hybridized carbons (Fsp3) is 0.379. The number of carbonyl (C=O) groups is 1. The Labute approximate surface area is 217 Å². The fourth-order valence-corrected chi connectivity index (χ4v) is 5.33. The number of fused-ring (bicyclic) bond motifs is 2. The summed E-state index contributed by atoms with van der Waals surface area (Å²) >= 11 is 6.53. The Morgan fingerprint density at radius 3 is 2.50 bits per heavy atom. The van der Waals surface area contributed by atoms with Gasteiger partial charge in [0.15, 0.2) is 0 Å². The van der Waals surface area contributed by atoms with E-state index >= 15 is 0 Å². The Hall–Kier alpha value is -3.25. The molecule has 0 fully saturated rings. The Morgan fingerprint density at radius 1 is 1.11 bits per heavy atom. The second kappa shape index (κ2) is 9.32. The van der Waals surface area contributed by atoms with Crippen molar-refractivity contribution in [1.29, 1.82) is 0 Å². The molecule has 188 valence electrons. The zero-order valence-corrected chi connectivity index (χ0v) is 22.4.